The second-order valence-electron chi connectivity index (χ2n) is 7.59. The number of para-hydroxylation sites is 1. The molecule has 2 aromatic carbocycles. The van der Waals surface area contributed by atoms with Crippen LogP contribution in [0.3, 0.4) is 0 Å². The summed E-state index contributed by atoms with van der Waals surface area (Å²) in [6, 6.07) is 13.0. The van der Waals surface area contributed by atoms with Crippen LogP contribution in [-0.2, 0) is 6.54 Å². The number of aryl methyl sites for hydroxylation is 1. The van der Waals surface area contributed by atoms with Crippen molar-refractivity contribution in [3.8, 4) is 0 Å². The molecule has 7 nitrogen and oxygen atoms in total. The average Bonchev–Trinajstić information content (AvgIpc) is 3.26. The van der Waals surface area contributed by atoms with Crippen LogP contribution in [0.4, 0.5) is 10.8 Å². The molecule has 1 fully saturated rings. The summed E-state index contributed by atoms with van der Waals surface area (Å²) in [5.41, 5.74) is 3.15. The number of rotatable bonds is 6. The summed E-state index contributed by atoms with van der Waals surface area (Å²) in [6.45, 7) is 6.81. The number of benzene rings is 2. The van der Waals surface area contributed by atoms with Gasteiger partial charge in [-0.25, -0.2) is 4.98 Å². The first-order chi connectivity index (χ1) is 15.5. The van der Waals surface area contributed by atoms with Crippen molar-refractivity contribution in [3.63, 3.8) is 0 Å². The molecule has 4 rings (SSSR count). The molecular weight excluding hydrogens is 446 g/mol. The largest absolute Gasteiger partial charge is 0.320 e. The van der Waals surface area contributed by atoms with Gasteiger partial charge in [0.05, 0.1) is 16.9 Å². The highest BCUT2D eigenvalue weighted by Crippen LogP contribution is 2.27. The predicted octanol–water partition coefficient (Wildman–Crippen LogP) is 4.01. The normalized spacial score (nSPS) is 14.2. The van der Waals surface area contributed by atoms with Gasteiger partial charge in [-0.3, -0.25) is 19.8 Å². The van der Waals surface area contributed by atoms with Crippen LogP contribution in [0.1, 0.15) is 31.2 Å². The third-order valence-corrected chi connectivity index (χ3v) is 6.47. The maximum absolute atomic E-state index is 12.6. The minimum absolute atomic E-state index is 0.262. The Morgan fingerprint density at radius 3 is 2.56 bits per heavy atom. The van der Waals surface area contributed by atoms with E-state index in [0.717, 1.165) is 49.6 Å². The summed E-state index contributed by atoms with van der Waals surface area (Å²) < 4.78 is 0. The lowest BCUT2D eigenvalue weighted by molar-refractivity contribution is 0.102. The third-order valence-electron chi connectivity index (χ3n) is 5.24. The smallest absolute Gasteiger partial charge is 0.267 e. The molecule has 2 amide bonds. The van der Waals surface area contributed by atoms with Crippen molar-refractivity contribution in [2.24, 2.45) is 0 Å². The fraction of sp³-hybridized carbons (Fsp3) is 0.261. The van der Waals surface area contributed by atoms with Gasteiger partial charge >= 0.3 is 0 Å². The molecule has 0 spiro atoms. The highest BCUT2D eigenvalue weighted by molar-refractivity contribution is 7.17. The topological polar surface area (TPSA) is 86.4 Å². The van der Waals surface area contributed by atoms with Gasteiger partial charge in [0, 0.05) is 38.3 Å². The second kappa shape index (κ2) is 10.2. The molecule has 0 bridgehead atoms. The van der Waals surface area contributed by atoms with Gasteiger partial charge in [-0.05, 0) is 36.2 Å². The van der Waals surface area contributed by atoms with Gasteiger partial charge in [-0.2, -0.15) is 0 Å². The van der Waals surface area contributed by atoms with Crippen molar-refractivity contribution in [1.29, 1.82) is 0 Å². The van der Waals surface area contributed by atoms with Crippen molar-refractivity contribution in [1.82, 2.24) is 15.2 Å². The Kier molecular flexibility index (Phi) is 7.16. The number of carbonyl (C=O) groups is 2. The molecule has 1 aromatic heterocycles. The summed E-state index contributed by atoms with van der Waals surface area (Å²) in [5.74, 6) is -0.585. The van der Waals surface area contributed by atoms with E-state index in [2.05, 4.69) is 25.8 Å². The van der Waals surface area contributed by atoms with Crippen molar-refractivity contribution in [2.75, 3.05) is 36.8 Å². The molecule has 1 aliphatic rings. The Bertz CT molecular complexity index is 1090. The van der Waals surface area contributed by atoms with Crippen LogP contribution < -0.4 is 16.0 Å². The van der Waals surface area contributed by atoms with Crippen LogP contribution in [0.5, 0.6) is 0 Å². The number of aromatic nitrogens is 1. The van der Waals surface area contributed by atoms with Crippen LogP contribution in [0.15, 0.2) is 48.7 Å². The maximum Gasteiger partial charge on any atom is 0.267 e. The number of hydrogen-bond donors (Lipinski definition) is 3. The number of anilines is 2. The third kappa shape index (κ3) is 5.52. The summed E-state index contributed by atoms with van der Waals surface area (Å²) >= 11 is 7.29. The number of piperazine rings is 1. The van der Waals surface area contributed by atoms with E-state index in [1.54, 1.807) is 6.07 Å². The van der Waals surface area contributed by atoms with Crippen LogP contribution in [0, 0.1) is 6.92 Å². The Morgan fingerprint density at radius 1 is 1.09 bits per heavy atom. The zero-order valence-corrected chi connectivity index (χ0v) is 19.2. The van der Waals surface area contributed by atoms with E-state index in [-0.39, 0.29) is 11.8 Å². The van der Waals surface area contributed by atoms with Gasteiger partial charge in [-0.1, -0.05) is 47.2 Å². The lowest BCUT2D eigenvalue weighted by Crippen LogP contribution is -2.42. The van der Waals surface area contributed by atoms with Gasteiger partial charge in [0.15, 0.2) is 5.13 Å². The van der Waals surface area contributed by atoms with Gasteiger partial charge in [0.25, 0.3) is 11.8 Å². The number of nitrogens with one attached hydrogen (secondary N) is 3. The average molecular weight is 470 g/mol. The van der Waals surface area contributed by atoms with Crippen molar-refractivity contribution in [3.05, 3.63) is 75.3 Å². The lowest BCUT2D eigenvalue weighted by atomic mass is 10.1. The molecule has 1 saturated heterocycles. The van der Waals surface area contributed by atoms with E-state index in [1.165, 1.54) is 11.8 Å². The quantitative estimate of drug-likeness (QED) is 0.507. The number of nitrogens with zero attached hydrogens (tertiary/aromatic N) is 2. The van der Waals surface area contributed by atoms with Crippen LogP contribution >= 0.6 is 22.9 Å². The molecule has 0 aliphatic carbocycles. The predicted molar refractivity (Wildman–Crippen MR) is 129 cm³/mol. The number of carbonyl (C=O) groups excluding carboxylic acids is 2. The standard InChI is InChI=1S/C23H24ClN5O2S/c1-15-3-2-4-18(24)20(15)27-22(31)19-13-26-23(32-19)28-21(30)17-7-5-16(6-8-17)14-29-11-9-25-10-12-29/h2-8,13,25H,9-12,14H2,1H3,(H,27,31)(H,26,28,30). The van der Waals surface area contributed by atoms with Crippen LogP contribution in [-0.4, -0.2) is 47.9 Å². The fourth-order valence-electron chi connectivity index (χ4n) is 3.46. The number of hydrogen-bond acceptors (Lipinski definition) is 6. The van der Waals surface area contributed by atoms with E-state index >= 15 is 0 Å². The second-order valence-corrected chi connectivity index (χ2v) is 9.03. The SMILES string of the molecule is Cc1cccc(Cl)c1NC(=O)c1cnc(NC(=O)c2ccc(CN3CCNCC3)cc2)s1. The van der Waals surface area contributed by atoms with Gasteiger partial charge < -0.3 is 10.6 Å². The molecule has 0 saturated carbocycles. The summed E-state index contributed by atoms with van der Waals surface area (Å²) in [7, 11) is 0. The van der Waals surface area contributed by atoms with Gasteiger partial charge in [0.1, 0.15) is 4.88 Å². The highest BCUT2D eigenvalue weighted by Gasteiger charge is 2.16. The number of amides is 2. The van der Waals surface area contributed by atoms with E-state index in [0.29, 0.717) is 26.3 Å². The highest BCUT2D eigenvalue weighted by atomic mass is 35.5. The van der Waals surface area contributed by atoms with E-state index in [9.17, 15) is 9.59 Å². The Labute approximate surface area is 195 Å². The molecule has 0 radical (unpaired) electrons. The molecule has 3 N–H and O–H groups in total. The molecular formula is C23H24ClN5O2S. The van der Waals surface area contributed by atoms with Crippen molar-refractivity contribution < 1.29 is 9.59 Å². The summed E-state index contributed by atoms with van der Waals surface area (Å²) in [6.07, 6.45) is 1.44. The first kappa shape index (κ1) is 22.4. The van der Waals surface area contributed by atoms with E-state index < -0.39 is 0 Å². The van der Waals surface area contributed by atoms with E-state index in [1.807, 2.05) is 43.3 Å². The molecule has 1 aliphatic heterocycles. The zero-order valence-electron chi connectivity index (χ0n) is 17.7. The van der Waals surface area contributed by atoms with Gasteiger partial charge in [-0.15, -0.1) is 0 Å². The molecule has 32 heavy (non-hydrogen) atoms. The molecule has 9 heteroatoms. The van der Waals surface area contributed by atoms with Gasteiger partial charge in [0.2, 0.25) is 0 Å². The minimum atomic E-state index is -0.323. The van der Waals surface area contributed by atoms with Crippen molar-refractivity contribution >= 4 is 45.6 Å². The molecule has 0 unspecified atom stereocenters. The Hall–Kier alpha value is -2.78. The van der Waals surface area contributed by atoms with E-state index in [4.69, 9.17) is 11.6 Å². The minimum Gasteiger partial charge on any atom is -0.320 e. The molecule has 0 atom stereocenters. The maximum atomic E-state index is 12.6. The number of thiazole rings is 1. The Balaban J connectivity index is 1.35. The monoisotopic (exact) mass is 469 g/mol. The lowest BCUT2D eigenvalue weighted by Gasteiger charge is -2.27. The van der Waals surface area contributed by atoms with Crippen LogP contribution in [0.25, 0.3) is 0 Å². The molecule has 3 aromatic rings. The number of halogens is 1. The Morgan fingerprint density at radius 2 is 1.84 bits per heavy atom. The fourth-order valence-corrected chi connectivity index (χ4v) is 4.44. The van der Waals surface area contributed by atoms with Crippen molar-refractivity contribution in [2.45, 2.75) is 13.5 Å². The summed E-state index contributed by atoms with van der Waals surface area (Å²) in [4.78, 5) is 32.1. The molecule has 2 heterocycles. The first-order valence-corrected chi connectivity index (χ1v) is 11.5. The summed E-state index contributed by atoms with van der Waals surface area (Å²) in [5, 5.41) is 9.75. The first-order valence-electron chi connectivity index (χ1n) is 10.4. The molecule has 166 valence electrons. The zero-order chi connectivity index (χ0) is 22.5. The van der Waals surface area contributed by atoms with Crippen LogP contribution in [0.2, 0.25) is 5.02 Å².